The van der Waals surface area contributed by atoms with Gasteiger partial charge in [-0.25, -0.2) is 9.97 Å². The average molecular weight is 265 g/mol. The van der Waals surface area contributed by atoms with E-state index in [1.165, 1.54) is 17.5 Å². The van der Waals surface area contributed by atoms with Gasteiger partial charge in [0.25, 0.3) is 0 Å². The van der Waals surface area contributed by atoms with E-state index in [1.807, 2.05) is 30.1 Å². The SMILES string of the molecule is CN(Cc1ccc(Cl)s1)c1nccnc1C#N. The van der Waals surface area contributed by atoms with Crippen LogP contribution < -0.4 is 4.90 Å². The van der Waals surface area contributed by atoms with E-state index in [2.05, 4.69) is 9.97 Å². The van der Waals surface area contributed by atoms with Crippen LogP contribution in [0.15, 0.2) is 24.5 Å². The quantitative estimate of drug-likeness (QED) is 0.855. The van der Waals surface area contributed by atoms with Crippen molar-refractivity contribution in [1.82, 2.24) is 9.97 Å². The van der Waals surface area contributed by atoms with E-state index >= 15 is 0 Å². The molecule has 0 amide bonds. The van der Waals surface area contributed by atoms with Crippen LogP contribution in [0, 0.1) is 11.3 Å². The van der Waals surface area contributed by atoms with Crippen molar-refractivity contribution in [3.05, 3.63) is 39.4 Å². The van der Waals surface area contributed by atoms with E-state index in [9.17, 15) is 0 Å². The third kappa shape index (κ3) is 2.73. The molecule has 0 unspecified atom stereocenters. The molecule has 0 N–H and O–H groups in total. The van der Waals surface area contributed by atoms with Crippen molar-refractivity contribution in [3.8, 4) is 6.07 Å². The molecule has 0 spiro atoms. The van der Waals surface area contributed by atoms with Gasteiger partial charge in [0.15, 0.2) is 11.5 Å². The molecule has 2 aromatic rings. The Hall–Kier alpha value is -1.64. The number of aromatic nitrogens is 2. The van der Waals surface area contributed by atoms with Gasteiger partial charge in [-0.05, 0) is 12.1 Å². The number of thiophene rings is 1. The zero-order valence-corrected chi connectivity index (χ0v) is 10.7. The fraction of sp³-hybridized carbons (Fsp3) is 0.182. The number of hydrogen-bond acceptors (Lipinski definition) is 5. The Morgan fingerprint density at radius 2 is 2.18 bits per heavy atom. The minimum atomic E-state index is 0.331. The summed E-state index contributed by atoms with van der Waals surface area (Å²) < 4.78 is 0.757. The van der Waals surface area contributed by atoms with Gasteiger partial charge < -0.3 is 4.90 Å². The van der Waals surface area contributed by atoms with Crippen LogP contribution in [0.5, 0.6) is 0 Å². The standard InChI is InChI=1S/C11H9ClN4S/c1-16(7-8-2-3-10(12)17-8)11-9(6-13)14-4-5-15-11/h2-5H,7H2,1H3. The summed E-state index contributed by atoms with van der Waals surface area (Å²) >= 11 is 7.38. The van der Waals surface area contributed by atoms with Crippen LogP contribution in [0.2, 0.25) is 4.34 Å². The molecule has 0 saturated heterocycles. The molecule has 0 atom stereocenters. The fourth-order valence-corrected chi connectivity index (χ4v) is 2.58. The molecule has 4 nitrogen and oxygen atoms in total. The first-order valence-electron chi connectivity index (χ1n) is 4.87. The maximum absolute atomic E-state index is 8.94. The maximum Gasteiger partial charge on any atom is 0.183 e. The molecule has 17 heavy (non-hydrogen) atoms. The highest BCUT2D eigenvalue weighted by molar-refractivity contribution is 7.16. The normalized spacial score (nSPS) is 9.94. The van der Waals surface area contributed by atoms with Crippen LogP contribution in [0.3, 0.4) is 0 Å². The summed E-state index contributed by atoms with van der Waals surface area (Å²) in [7, 11) is 1.87. The molecule has 0 aliphatic rings. The van der Waals surface area contributed by atoms with Crippen molar-refractivity contribution in [3.63, 3.8) is 0 Å². The Bertz CT molecular complexity index is 561. The third-order valence-corrected chi connectivity index (χ3v) is 3.38. The summed E-state index contributed by atoms with van der Waals surface area (Å²) in [6.07, 6.45) is 3.09. The summed E-state index contributed by atoms with van der Waals surface area (Å²) in [5.74, 6) is 0.583. The molecule has 6 heteroatoms. The molecule has 0 aliphatic carbocycles. The average Bonchev–Trinajstić information content (AvgIpc) is 2.74. The molecular weight excluding hydrogens is 256 g/mol. The summed E-state index contributed by atoms with van der Waals surface area (Å²) in [5.41, 5.74) is 0.331. The first kappa shape index (κ1) is 11.8. The summed E-state index contributed by atoms with van der Waals surface area (Å²) in [6.45, 7) is 0.658. The molecule has 0 saturated carbocycles. The second-order valence-corrected chi connectivity index (χ2v) is 5.20. The lowest BCUT2D eigenvalue weighted by Crippen LogP contribution is -2.18. The largest absolute Gasteiger partial charge is 0.352 e. The van der Waals surface area contributed by atoms with E-state index in [0.717, 1.165) is 9.21 Å². The number of anilines is 1. The molecule has 0 radical (unpaired) electrons. The molecule has 2 heterocycles. The first-order valence-corrected chi connectivity index (χ1v) is 6.06. The highest BCUT2D eigenvalue weighted by Gasteiger charge is 2.10. The van der Waals surface area contributed by atoms with Crippen molar-refractivity contribution in [2.24, 2.45) is 0 Å². The van der Waals surface area contributed by atoms with Crippen LogP contribution >= 0.6 is 22.9 Å². The Morgan fingerprint density at radius 3 is 2.82 bits per heavy atom. The smallest absolute Gasteiger partial charge is 0.183 e. The van der Waals surface area contributed by atoms with Crippen LogP contribution in [-0.4, -0.2) is 17.0 Å². The van der Waals surface area contributed by atoms with Crippen LogP contribution in [0.4, 0.5) is 5.82 Å². The van der Waals surface area contributed by atoms with Crippen molar-refractivity contribution >= 4 is 28.8 Å². The van der Waals surface area contributed by atoms with Gasteiger partial charge in [-0.1, -0.05) is 11.6 Å². The lowest BCUT2D eigenvalue weighted by molar-refractivity contribution is 0.898. The molecular formula is C11H9ClN4S. The predicted molar refractivity (Wildman–Crippen MR) is 68.2 cm³/mol. The summed E-state index contributed by atoms with van der Waals surface area (Å²) in [5, 5.41) is 8.94. The molecule has 86 valence electrons. The van der Waals surface area contributed by atoms with Gasteiger partial charge in [0.1, 0.15) is 6.07 Å². The van der Waals surface area contributed by atoms with Crippen molar-refractivity contribution < 1.29 is 0 Å². The van der Waals surface area contributed by atoms with Gasteiger partial charge in [0.2, 0.25) is 0 Å². The Balaban J connectivity index is 2.20. The molecule has 2 aromatic heterocycles. The molecule has 0 fully saturated rings. The number of hydrogen-bond donors (Lipinski definition) is 0. The lowest BCUT2D eigenvalue weighted by atomic mass is 10.3. The van der Waals surface area contributed by atoms with Gasteiger partial charge in [0.05, 0.1) is 10.9 Å². The number of rotatable bonds is 3. The maximum atomic E-state index is 8.94. The predicted octanol–water partition coefficient (Wildman–Crippen LogP) is 2.70. The van der Waals surface area contributed by atoms with Gasteiger partial charge in [-0.3, -0.25) is 0 Å². The highest BCUT2D eigenvalue weighted by Crippen LogP contribution is 2.24. The van der Waals surface area contributed by atoms with Gasteiger partial charge in [-0.15, -0.1) is 11.3 Å². The second kappa shape index (κ2) is 5.13. The topological polar surface area (TPSA) is 52.8 Å². The molecule has 2 rings (SSSR count). The van der Waals surface area contributed by atoms with Crippen molar-refractivity contribution in [1.29, 1.82) is 5.26 Å². The summed E-state index contributed by atoms with van der Waals surface area (Å²) in [4.78, 5) is 11.1. The monoisotopic (exact) mass is 264 g/mol. The van der Waals surface area contributed by atoms with Crippen LogP contribution in [0.1, 0.15) is 10.6 Å². The molecule has 0 aromatic carbocycles. The Kier molecular flexibility index (Phi) is 3.57. The number of nitrogens with zero attached hydrogens (tertiary/aromatic N) is 4. The summed E-state index contributed by atoms with van der Waals surface area (Å²) in [6, 6.07) is 5.85. The van der Waals surface area contributed by atoms with Crippen LogP contribution in [0.25, 0.3) is 0 Å². The molecule has 0 bridgehead atoms. The van der Waals surface area contributed by atoms with Crippen molar-refractivity contribution in [2.45, 2.75) is 6.54 Å². The zero-order chi connectivity index (χ0) is 12.3. The minimum Gasteiger partial charge on any atom is -0.352 e. The van der Waals surface area contributed by atoms with Gasteiger partial charge in [-0.2, -0.15) is 5.26 Å². The van der Waals surface area contributed by atoms with E-state index < -0.39 is 0 Å². The minimum absolute atomic E-state index is 0.331. The third-order valence-electron chi connectivity index (χ3n) is 2.17. The lowest BCUT2D eigenvalue weighted by Gasteiger charge is -2.17. The zero-order valence-electron chi connectivity index (χ0n) is 9.09. The van der Waals surface area contributed by atoms with Crippen molar-refractivity contribution in [2.75, 3.05) is 11.9 Å². The fourth-order valence-electron chi connectivity index (χ4n) is 1.43. The van der Waals surface area contributed by atoms with E-state index in [1.54, 1.807) is 6.20 Å². The van der Waals surface area contributed by atoms with E-state index in [4.69, 9.17) is 16.9 Å². The van der Waals surface area contributed by atoms with Gasteiger partial charge >= 0.3 is 0 Å². The number of nitriles is 1. The first-order chi connectivity index (χ1) is 8.20. The second-order valence-electron chi connectivity index (χ2n) is 3.40. The van der Waals surface area contributed by atoms with E-state index in [-0.39, 0.29) is 0 Å². The highest BCUT2D eigenvalue weighted by atomic mass is 35.5. The molecule has 0 aliphatic heterocycles. The Morgan fingerprint density at radius 1 is 1.41 bits per heavy atom. The van der Waals surface area contributed by atoms with Crippen LogP contribution in [-0.2, 0) is 6.54 Å². The van der Waals surface area contributed by atoms with Gasteiger partial charge in [0, 0.05) is 24.3 Å². The number of halogens is 1. The Labute approximate surface area is 108 Å². The van der Waals surface area contributed by atoms with E-state index in [0.29, 0.717) is 18.1 Å².